The quantitative estimate of drug-likeness (QED) is 0.493. The lowest BCUT2D eigenvalue weighted by Crippen LogP contribution is -2.69. The molecule has 1 heterocycles. The van der Waals surface area contributed by atoms with Crippen molar-refractivity contribution in [3.05, 3.63) is 35.4 Å². The fourth-order valence-corrected chi connectivity index (χ4v) is 7.09. The smallest absolute Gasteiger partial charge is 0.475 e. The molecule has 5 aliphatic rings. The van der Waals surface area contributed by atoms with Crippen LogP contribution in [-0.4, -0.2) is 52.2 Å². The van der Waals surface area contributed by atoms with Crippen LogP contribution in [0.4, 0.5) is 13.2 Å². The predicted octanol–water partition coefficient (Wildman–Crippen LogP) is 4.23. The topological polar surface area (TPSA) is 81.7 Å². The number of amides is 1. The molecule has 1 aliphatic heterocycles. The number of carboxylic acid groups (broad SMARTS) is 1. The van der Waals surface area contributed by atoms with Crippen LogP contribution in [0.3, 0.4) is 0 Å². The number of halogens is 3. The summed E-state index contributed by atoms with van der Waals surface area (Å²) in [7, 11) is 0. The van der Waals surface area contributed by atoms with E-state index in [1.54, 1.807) is 0 Å². The second-order valence-corrected chi connectivity index (χ2v) is 11.0. The number of carbonyl (C=O) groups is 2. The van der Waals surface area contributed by atoms with Crippen LogP contribution in [0.2, 0.25) is 0 Å². The van der Waals surface area contributed by atoms with Gasteiger partial charge in [-0.1, -0.05) is 37.6 Å². The zero-order valence-corrected chi connectivity index (χ0v) is 20.3. The molecule has 0 aromatic heterocycles. The summed E-state index contributed by atoms with van der Waals surface area (Å²) in [5, 5.41) is 14.9. The molecule has 1 amide bonds. The third-order valence-electron chi connectivity index (χ3n) is 8.14. The first-order valence-electron chi connectivity index (χ1n) is 12.7. The first-order valence-corrected chi connectivity index (χ1v) is 12.7. The first kappa shape index (κ1) is 25.9. The Morgan fingerprint density at radius 1 is 1.03 bits per heavy atom. The van der Waals surface area contributed by atoms with E-state index < -0.39 is 12.1 Å². The molecule has 2 atom stereocenters. The monoisotopic (exact) mass is 495 g/mol. The highest BCUT2D eigenvalue weighted by molar-refractivity contribution is 5.79. The van der Waals surface area contributed by atoms with Crippen LogP contribution in [0, 0.1) is 11.8 Å². The van der Waals surface area contributed by atoms with E-state index in [-0.39, 0.29) is 11.4 Å². The Balaban J connectivity index is 0.000000364. The highest BCUT2D eigenvalue weighted by Crippen LogP contribution is 2.57. The molecule has 1 aromatic rings. The summed E-state index contributed by atoms with van der Waals surface area (Å²) in [6.07, 6.45) is 5.32. The van der Waals surface area contributed by atoms with Crippen LogP contribution < -0.4 is 10.6 Å². The van der Waals surface area contributed by atoms with Crippen molar-refractivity contribution in [2.45, 2.75) is 88.6 Å². The van der Waals surface area contributed by atoms with Crippen LogP contribution in [0.5, 0.6) is 0 Å². The van der Waals surface area contributed by atoms with E-state index in [1.807, 2.05) is 4.90 Å². The van der Waals surface area contributed by atoms with Gasteiger partial charge in [-0.15, -0.1) is 0 Å². The number of fused-ring (bicyclic) bond motifs is 1. The number of carbonyl (C=O) groups excluding carboxylic acids is 1. The molecule has 3 N–H and O–H groups in total. The predicted molar refractivity (Wildman–Crippen MR) is 125 cm³/mol. The maximum Gasteiger partial charge on any atom is 0.490 e. The summed E-state index contributed by atoms with van der Waals surface area (Å²) < 4.78 is 31.7. The fraction of sp³-hybridized carbons (Fsp3) is 0.692. The Kier molecular flexibility index (Phi) is 7.48. The van der Waals surface area contributed by atoms with Crippen LogP contribution in [0.15, 0.2) is 24.3 Å². The van der Waals surface area contributed by atoms with E-state index in [2.05, 4.69) is 41.8 Å². The minimum atomic E-state index is -5.08. The number of hydrogen-bond acceptors (Lipinski definition) is 4. The number of aliphatic carboxylic acids is 1. The van der Waals surface area contributed by atoms with Crippen LogP contribution in [0.25, 0.3) is 0 Å². The summed E-state index contributed by atoms with van der Waals surface area (Å²) >= 11 is 0. The Bertz CT molecular complexity index is 897. The van der Waals surface area contributed by atoms with E-state index in [9.17, 15) is 18.0 Å². The number of alkyl halides is 3. The summed E-state index contributed by atoms with van der Waals surface area (Å²) in [4.78, 5) is 23.9. The molecule has 35 heavy (non-hydrogen) atoms. The third kappa shape index (κ3) is 6.00. The van der Waals surface area contributed by atoms with Gasteiger partial charge in [0.1, 0.15) is 0 Å². The SMILES string of the molecule is CCCCNC12CC3CC(C1)CC(NCC(=O)N1Cc4ccccc4C1)(C3)C2.O=C(O)C(F)(F)F. The van der Waals surface area contributed by atoms with Gasteiger partial charge in [0.15, 0.2) is 0 Å². The van der Waals surface area contributed by atoms with Gasteiger partial charge in [-0.3, -0.25) is 4.79 Å². The molecular weight excluding hydrogens is 459 g/mol. The van der Waals surface area contributed by atoms with Crippen molar-refractivity contribution in [1.82, 2.24) is 15.5 Å². The van der Waals surface area contributed by atoms with Crippen LogP contribution in [-0.2, 0) is 22.7 Å². The van der Waals surface area contributed by atoms with Gasteiger partial charge in [0.2, 0.25) is 5.91 Å². The average Bonchev–Trinajstić information content (AvgIpc) is 3.21. The molecule has 1 aromatic carbocycles. The molecule has 6 rings (SSSR count). The maximum absolute atomic E-state index is 12.9. The summed E-state index contributed by atoms with van der Waals surface area (Å²) in [5.41, 5.74) is 3.14. The molecule has 0 saturated heterocycles. The standard InChI is InChI=1S/C24H35N3O.C2HF3O2/c1-2-3-8-25-23-10-18-9-19(11-23)13-24(12-18,17-23)26-14-22(28)27-15-20-6-4-5-7-21(20)16-27;3-2(4,5)1(6)7/h4-7,18-19,25-26H,2-3,8-17H2,1H3;(H,6,7). The van der Waals surface area contributed by atoms with E-state index in [0.29, 0.717) is 12.1 Å². The van der Waals surface area contributed by atoms with Gasteiger partial charge >= 0.3 is 12.1 Å². The zero-order chi connectivity index (χ0) is 25.3. The Morgan fingerprint density at radius 2 is 1.54 bits per heavy atom. The van der Waals surface area contributed by atoms with Crippen molar-refractivity contribution in [3.63, 3.8) is 0 Å². The van der Waals surface area contributed by atoms with Gasteiger partial charge in [-0.05, 0) is 74.5 Å². The van der Waals surface area contributed by atoms with E-state index >= 15 is 0 Å². The summed E-state index contributed by atoms with van der Waals surface area (Å²) in [5.74, 6) is -0.810. The number of benzene rings is 1. The molecule has 6 nitrogen and oxygen atoms in total. The van der Waals surface area contributed by atoms with Crippen molar-refractivity contribution in [2.24, 2.45) is 11.8 Å². The molecule has 4 saturated carbocycles. The second kappa shape index (κ2) is 10.1. The molecule has 4 bridgehead atoms. The first-order chi connectivity index (χ1) is 16.5. The van der Waals surface area contributed by atoms with E-state index in [0.717, 1.165) is 31.5 Å². The normalized spacial score (nSPS) is 30.6. The van der Waals surface area contributed by atoms with Gasteiger partial charge in [-0.25, -0.2) is 4.79 Å². The molecule has 0 spiro atoms. The van der Waals surface area contributed by atoms with Crippen molar-refractivity contribution in [3.8, 4) is 0 Å². The zero-order valence-electron chi connectivity index (χ0n) is 20.3. The van der Waals surface area contributed by atoms with Gasteiger partial charge < -0.3 is 20.6 Å². The minimum Gasteiger partial charge on any atom is -0.475 e. The van der Waals surface area contributed by atoms with Gasteiger partial charge in [0, 0.05) is 24.2 Å². The van der Waals surface area contributed by atoms with Gasteiger partial charge in [-0.2, -0.15) is 13.2 Å². The number of carboxylic acids is 1. The highest BCUT2D eigenvalue weighted by Gasteiger charge is 2.57. The molecule has 0 radical (unpaired) electrons. The van der Waals surface area contributed by atoms with Crippen LogP contribution >= 0.6 is 0 Å². The van der Waals surface area contributed by atoms with Gasteiger partial charge in [0.25, 0.3) is 0 Å². The fourth-order valence-electron chi connectivity index (χ4n) is 7.09. The molecular formula is C26H36F3N3O3. The summed E-state index contributed by atoms with van der Waals surface area (Å²) in [6, 6.07) is 8.46. The largest absolute Gasteiger partial charge is 0.490 e. The lowest BCUT2D eigenvalue weighted by Gasteiger charge is -2.62. The number of hydrogen-bond donors (Lipinski definition) is 3. The van der Waals surface area contributed by atoms with Crippen molar-refractivity contribution < 1.29 is 27.9 Å². The second-order valence-electron chi connectivity index (χ2n) is 11.0. The van der Waals surface area contributed by atoms with E-state index in [4.69, 9.17) is 9.90 Å². The number of rotatable bonds is 7. The minimum absolute atomic E-state index is 0.186. The van der Waals surface area contributed by atoms with Crippen molar-refractivity contribution in [1.29, 1.82) is 0 Å². The lowest BCUT2D eigenvalue weighted by molar-refractivity contribution is -0.192. The maximum atomic E-state index is 12.9. The number of nitrogens with zero attached hydrogens (tertiary/aromatic N) is 1. The Morgan fingerprint density at radius 3 is 2.03 bits per heavy atom. The third-order valence-corrected chi connectivity index (χ3v) is 8.14. The average molecular weight is 496 g/mol. The molecule has 9 heteroatoms. The highest BCUT2D eigenvalue weighted by atomic mass is 19.4. The van der Waals surface area contributed by atoms with Crippen molar-refractivity contribution >= 4 is 11.9 Å². The lowest BCUT2D eigenvalue weighted by atomic mass is 9.50. The summed E-state index contributed by atoms with van der Waals surface area (Å²) in [6.45, 7) is 5.47. The molecule has 4 aliphatic carbocycles. The number of nitrogens with one attached hydrogen (secondary N) is 2. The van der Waals surface area contributed by atoms with E-state index in [1.165, 1.54) is 62.5 Å². The Hall–Kier alpha value is -2.13. The molecule has 194 valence electrons. The van der Waals surface area contributed by atoms with Gasteiger partial charge in [0.05, 0.1) is 6.54 Å². The number of unbranched alkanes of at least 4 members (excludes halogenated alkanes) is 1. The molecule has 4 fully saturated rings. The molecule has 2 unspecified atom stereocenters. The Labute approximate surface area is 204 Å². The van der Waals surface area contributed by atoms with Crippen LogP contribution in [0.1, 0.15) is 69.4 Å². The van der Waals surface area contributed by atoms with Crippen molar-refractivity contribution in [2.75, 3.05) is 13.1 Å².